The molecule has 1 nitrogen and oxygen atoms in total. The molecular formula is C13H10BrClFN. The van der Waals surface area contributed by atoms with Gasteiger partial charge < -0.3 is 0 Å². The summed E-state index contributed by atoms with van der Waals surface area (Å²) < 4.78 is 13.5. The number of benzene rings is 1. The summed E-state index contributed by atoms with van der Waals surface area (Å²) in [6, 6.07) is 8.69. The van der Waals surface area contributed by atoms with Crippen molar-refractivity contribution in [2.75, 3.05) is 0 Å². The van der Waals surface area contributed by atoms with Crippen LogP contribution in [-0.4, -0.2) is 4.98 Å². The largest absolute Gasteiger partial charge is 0.265 e. The minimum absolute atomic E-state index is 0.172. The van der Waals surface area contributed by atoms with Gasteiger partial charge in [-0.25, -0.2) is 4.39 Å². The van der Waals surface area contributed by atoms with Crippen molar-refractivity contribution in [3.8, 4) is 0 Å². The molecule has 0 bridgehead atoms. The van der Waals surface area contributed by atoms with Crippen LogP contribution >= 0.6 is 27.5 Å². The fourth-order valence-corrected chi connectivity index (χ4v) is 2.26. The van der Waals surface area contributed by atoms with Crippen molar-refractivity contribution < 1.29 is 4.39 Å². The number of aromatic nitrogens is 1. The van der Waals surface area contributed by atoms with E-state index in [4.69, 9.17) is 11.6 Å². The summed E-state index contributed by atoms with van der Waals surface area (Å²) in [5, 5.41) is -0.172. The molecule has 4 heteroatoms. The Hall–Kier alpha value is -0.930. The molecule has 0 fully saturated rings. The third-order valence-corrected chi connectivity index (χ3v) is 3.48. The summed E-state index contributed by atoms with van der Waals surface area (Å²) in [6.45, 7) is 0. The SMILES string of the molecule is Fc1ccc(C(Cl)Cc2ccncc2)cc1Br. The third-order valence-electron chi connectivity index (χ3n) is 2.47. The van der Waals surface area contributed by atoms with Crippen LogP contribution in [0.3, 0.4) is 0 Å². The molecule has 88 valence electrons. The highest BCUT2D eigenvalue weighted by Gasteiger charge is 2.10. The monoisotopic (exact) mass is 313 g/mol. The van der Waals surface area contributed by atoms with Crippen LogP contribution in [0, 0.1) is 5.82 Å². The lowest BCUT2D eigenvalue weighted by atomic mass is 10.0. The number of hydrogen-bond acceptors (Lipinski definition) is 1. The number of hydrogen-bond donors (Lipinski definition) is 0. The summed E-state index contributed by atoms with van der Waals surface area (Å²) in [5.74, 6) is -0.276. The molecule has 17 heavy (non-hydrogen) atoms. The summed E-state index contributed by atoms with van der Waals surface area (Å²) >= 11 is 9.46. The molecule has 1 heterocycles. The zero-order chi connectivity index (χ0) is 12.3. The first-order valence-corrected chi connectivity index (χ1v) is 6.37. The molecule has 0 aliphatic rings. The van der Waals surface area contributed by atoms with Crippen LogP contribution in [0.4, 0.5) is 4.39 Å². The van der Waals surface area contributed by atoms with Crippen molar-refractivity contribution in [2.24, 2.45) is 0 Å². The zero-order valence-corrected chi connectivity index (χ0v) is 11.2. The van der Waals surface area contributed by atoms with Gasteiger partial charge in [-0.1, -0.05) is 6.07 Å². The number of rotatable bonds is 3. The van der Waals surface area contributed by atoms with Gasteiger partial charge in [0.25, 0.3) is 0 Å². The van der Waals surface area contributed by atoms with E-state index in [2.05, 4.69) is 20.9 Å². The molecular weight excluding hydrogens is 305 g/mol. The number of halogens is 3. The van der Waals surface area contributed by atoms with E-state index in [1.165, 1.54) is 6.07 Å². The Morgan fingerprint density at radius 1 is 1.24 bits per heavy atom. The molecule has 0 amide bonds. The standard InChI is InChI=1S/C13H10BrClFN/c14-11-8-10(1-2-13(11)16)12(15)7-9-3-5-17-6-4-9/h1-6,8,12H,7H2. The Balaban J connectivity index is 2.14. The molecule has 1 unspecified atom stereocenters. The predicted octanol–water partition coefficient (Wildman–Crippen LogP) is 4.51. The van der Waals surface area contributed by atoms with Gasteiger partial charge in [-0.3, -0.25) is 4.98 Å². The van der Waals surface area contributed by atoms with Crippen molar-refractivity contribution in [2.45, 2.75) is 11.8 Å². The van der Waals surface area contributed by atoms with Gasteiger partial charge >= 0.3 is 0 Å². The van der Waals surface area contributed by atoms with Crippen molar-refractivity contribution >= 4 is 27.5 Å². The highest BCUT2D eigenvalue weighted by atomic mass is 79.9. The molecule has 0 saturated carbocycles. The van der Waals surface area contributed by atoms with Crippen molar-refractivity contribution in [1.82, 2.24) is 4.98 Å². The molecule has 2 aromatic rings. The molecule has 2 rings (SSSR count). The lowest BCUT2D eigenvalue weighted by Gasteiger charge is -2.10. The van der Waals surface area contributed by atoms with Gasteiger partial charge in [-0.15, -0.1) is 11.6 Å². The highest BCUT2D eigenvalue weighted by molar-refractivity contribution is 9.10. The first kappa shape index (κ1) is 12.5. The van der Waals surface area contributed by atoms with Crippen molar-refractivity contribution in [3.05, 3.63) is 64.1 Å². The maximum absolute atomic E-state index is 13.1. The normalized spacial score (nSPS) is 12.4. The van der Waals surface area contributed by atoms with E-state index in [0.29, 0.717) is 10.9 Å². The van der Waals surface area contributed by atoms with Gasteiger partial charge in [0.2, 0.25) is 0 Å². The van der Waals surface area contributed by atoms with Gasteiger partial charge in [-0.2, -0.15) is 0 Å². The van der Waals surface area contributed by atoms with Crippen LogP contribution in [-0.2, 0) is 6.42 Å². The van der Waals surface area contributed by atoms with Crippen LogP contribution in [0.1, 0.15) is 16.5 Å². The van der Waals surface area contributed by atoms with Gasteiger partial charge in [0.05, 0.1) is 9.85 Å². The second-order valence-corrected chi connectivity index (χ2v) is 5.08. The Bertz CT molecular complexity index is 504. The molecule has 0 spiro atoms. The minimum atomic E-state index is -0.276. The Labute approximate surface area is 113 Å². The van der Waals surface area contributed by atoms with Crippen LogP contribution in [0.2, 0.25) is 0 Å². The van der Waals surface area contributed by atoms with Gasteiger partial charge in [-0.05, 0) is 57.7 Å². The molecule has 1 aromatic carbocycles. The van der Waals surface area contributed by atoms with E-state index in [9.17, 15) is 4.39 Å². The van der Waals surface area contributed by atoms with E-state index in [1.54, 1.807) is 24.5 Å². The molecule has 0 radical (unpaired) electrons. The Morgan fingerprint density at radius 3 is 2.59 bits per heavy atom. The second kappa shape index (κ2) is 5.61. The van der Waals surface area contributed by atoms with Crippen LogP contribution in [0.25, 0.3) is 0 Å². The first-order chi connectivity index (χ1) is 8.16. The summed E-state index contributed by atoms with van der Waals surface area (Å²) in [6.07, 6.45) is 4.17. The maximum atomic E-state index is 13.1. The maximum Gasteiger partial charge on any atom is 0.137 e. The Morgan fingerprint density at radius 2 is 1.94 bits per heavy atom. The van der Waals surface area contributed by atoms with E-state index in [-0.39, 0.29) is 11.2 Å². The number of nitrogens with zero attached hydrogens (tertiary/aromatic N) is 1. The zero-order valence-electron chi connectivity index (χ0n) is 8.91. The lowest BCUT2D eigenvalue weighted by molar-refractivity contribution is 0.620. The van der Waals surface area contributed by atoms with Crippen LogP contribution in [0.15, 0.2) is 47.2 Å². The molecule has 1 aromatic heterocycles. The molecule has 0 aliphatic heterocycles. The molecule has 1 atom stereocenters. The van der Waals surface area contributed by atoms with Crippen LogP contribution < -0.4 is 0 Å². The van der Waals surface area contributed by atoms with E-state index < -0.39 is 0 Å². The minimum Gasteiger partial charge on any atom is -0.265 e. The molecule has 0 aliphatic carbocycles. The molecule has 0 N–H and O–H groups in total. The third kappa shape index (κ3) is 3.27. The number of alkyl halides is 1. The van der Waals surface area contributed by atoms with Crippen molar-refractivity contribution in [1.29, 1.82) is 0 Å². The van der Waals surface area contributed by atoms with Gasteiger partial charge in [0, 0.05) is 12.4 Å². The second-order valence-electron chi connectivity index (χ2n) is 3.70. The average Bonchev–Trinajstić information content (AvgIpc) is 2.34. The van der Waals surface area contributed by atoms with E-state index in [0.717, 1.165) is 11.1 Å². The predicted molar refractivity (Wildman–Crippen MR) is 70.6 cm³/mol. The van der Waals surface area contributed by atoms with Crippen LogP contribution in [0.5, 0.6) is 0 Å². The summed E-state index contributed by atoms with van der Waals surface area (Å²) in [4.78, 5) is 3.95. The highest BCUT2D eigenvalue weighted by Crippen LogP contribution is 2.28. The lowest BCUT2D eigenvalue weighted by Crippen LogP contribution is -1.96. The van der Waals surface area contributed by atoms with E-state index in [1.807, 2.05) is 12.1 Å². The van der Waals surface area contributed by atoms with Gasteiger partial charge in [0.1, 0.15) is 5.82 Å². The number of pyridine rings is 1. The average molecular weight is 315 g/mol. The summed E-state index contributed by atoms with van der Waals surface area (Å²) in [5.41, 5.74) is 2.01. The summed E-state index contributed by atoms with van der Waals surface area (Å²) in [7, 11) is 0. The van der Waals surface area contributed by atoms with Crippen molar-refractivity contribution in [3.63, 3.8) is 0 Å². The first-order valence-electron chi connectivity index (χ1n) is 5.15. The molecule has 0 saturated heterocycles. The van der Waals surface area contributed by atoms with Gasteiger partial charge in [0.15, 0.2) is 0 Å². The smallest absolute Gasteiger partial charge is 0.137 e. The fraction of sp³-hybridized carbons (Fsp3) is 0.154. The fourth-order valence-electron chi connectivity index (χ4n) is 1.55. The quantitative estimate of drug-likeness (QED) is 0.760. The Kier molecular flexibility index (Phi) is 4.13. The topological polar surface area (TPSA) is 12.9 Å². The van der Waals surface area contributed by atoms with E-state index >= 15 is 0 Å².